The molecule has 146 valence electrons. The van der Waals surface area contributed by atoms with Crippen LogP contribution in [0.15, 0.2) is 66.6 Å². The van der Waals surface area contributed by atoms with E-state index in [1.54, 1.807) is 0 Å². The first-order chi connectivity index (χ1) is 13.3. The van der Waals surface area contributed by atoms with Gasteiger partial charge in [-0.2, -0.15) is 0 Å². The summed E-state index contributed by atoms with van der Waals surface area (Å²) in [5, 5.41) is 1.49. The maximum absolute atomic E-state index is 7.02. The maximum Gasteiger partial charge on any atom is 0.250 e. The monoisotopic (exact) mass is 389 g/mol. The highest BCUT2D eigenvalue weighted by Crippen LogP contribution is 2.49. The molecule has 2 aromatic carbocycles. The molecule has 1 unspecified atom stereocenters. The number of nitrogens with one attached hydrogen (secondary N) is 1. The lowest BCUT2D eigenvalue weighted by Gasteiger charge is -2.38. The van der Waals surface area contributed by atoms with Crippen LogP contribution >= 0.6 is 0 Å². The van der Waals surface area contributed by atoms with Crippen LogP contribution in [-0.4, -0.2) is 13.3 Å². The number of H-pyrrole nitrogens is 1. The molecule has 0 fully saturated rings. The van der Waals surface area contributed by atoms with E-state index < -0.39 is 8.32 Å². The van der Waals surface area contributed by atoms with Gasteiger partial charge in [-0.15, -0.1) is 0 Å². The maximum atomic E-state index is 7.02. The standard InChI is InChI=1S/C25H31NOSi/c1-25(2,3)28(4,5)27-24-19(18-11-7-6-8-12-18)15-16-21(24)22-17-26-23-14-10-9-13-20(22)23/h6-14,17,21,26H,15-16H2,1-5H3. The number of hydrogen-bond acceptors (Lipinski definition) is 1. The molecule has 0 spiro atoms. The first-order valence-electron chi connectivity index (χ1n) is 10.3. The molecule has 4 rings (SSSR count). The largest absolute Gasteiger partial charge is 0.546 e. The predicted octanol–water partition coefficient (Wildman–Crippen LogP) is 7.48. The van der Waals surface area contributed by atoms with Crippen LogP contribution in [0.4, 0.5) is 0 Å². The first kappa shape index (κ1) is 19.1. The van der Waals surface area contributed by atoms with Crippen molar-refractivity contribution in [1.29, 1.82) is 0 Å². The highest BCUT2D eigenvalue weighted by atomic mass is 28.4. The average molecular weight is 390 g/mol. The van der Waals surface area contributed by atoms with Crippen LogP contribution in [0, 0.1) is 0 Å². The normalized spacial score (nSPS) is 18.1. The van der Waals surface area contributed by atoms with Crippen LogP contribution in [0.5, 0.6) is 0 Å². The molecule has 3 heteroatoms. The van der Waals surface area contributed by atoms with Gasteiger partial charge in [0.05, 0.1) is 5.76 Å². The molecule has 1 atom stereocenters. The summed E-state index contributed by atoms with van der Waals surface area (Å²) < 4.78 is 7.02. The number of benzene rings is 2. The van der Waals surface area contributed by atoms with E-state index in [0.29, 0.717) is 5.92 Å². The van der Waals surface area contributed by atoms with Crippen molar-refractivity contribution in [3.63, 3.8) is 0 Å². The Bertz CT molecular complexity index is 1010. The number of fused-ring (bicyclic) bond motifs is 1. The Morgan fingerprint density at radius 1 is 0.964 bits per heavy atom. The van der Waals surface area contributed by atoms with Gasteiger partial charge in [0.2, 0.25) is 8.32 Å². The molecule has 3 aromatic rings. The summed E-state index contributed by atoms with van der Waals surface area (Å²) in [5.41, 5.74) is 5.27. The van der Waals surface area contributed by atoms with Crippen molar-refractivity contribution < 1.29 is 4.43 Å². The zero-order valence-corrected chi connectivity index (χ0v) is 18.7. The Labute approximate surface area is 169 Å². The van der Waals surface area contributed by atoms with E-state index in [0.717, 1.165) is 12.8 Å². The highest BCUT2D eigenvalue weighted by molar-refractivity contribution is 6.74. The quantitative estimate of drug-likeness (QED) is 0.460. The molecule has 1 heterocycles. The molecule has 0 saturated carbocycles. The summed E-state index contributed by atoms with van der Waals surface area (Å²) >= 11 is 0. The minimum Gasteiger partial charge on any atom is -0.546 e. The Morgan fingerprint density at radius 3 is 2.36 bits per heavy atom. The van der Waals surface area contributed by atoms with Crippen molar-refractivity contribution >= 4 is 24.8 Å². The smallest absolute Gasteiger partial charge is 0.250 e. The van der Waals surface area contributed by atoms with Gasteiger partial charge in [0, 0.05) is 23.0 Å². The lowest BCUT2D eigenvalue weighted by molar-refractivity contribution is 0.359. The molecule has 1 aliphatic rings. The number of para-hydroxylation sites is 1. The lowest BCUT2D eigenvalue weighted by Crippen LogP contribution is -2.41. The van der Waals surface area contributed by atoms with Crippen molar-refractivity contribution in [1.82, 2.24) is 4.98 Å². The van der Waals surface area contributed by atoms with Gasteiger partial charge in [-0.25, -0.2) is 0 Å². The zero-order valence-electron chi connectivity index (χ0n) is 17.7. The van der Waals surface area contributed by atoms with E-state index in [-0.39, 0.29) is 5.04 Å². The van der Waals surface area contributed by atoms with E-state index in [2.05, 4.69) is 99.6 Å². The summed E-state index contributed by atoms with van der Waals surface area (Å²) in [4.78, 5) is 3.47. The minimum absolute atomic E-state index is 0.176. The number of rotatable bonds is 4. The van der Waals surface area contributed by atoms with Crippen LogP contribution in [0.3, 0.4) is 0 Å². The molecule has 28 heavy (non-hydrogen) atoms. The van der Waals surface area contributed by atoms with Crippen molar-refractivity contribution in [2.45, 2.75) is 57.7 Å². The average Bonchev–Trinajstić information content (AvgIpc) is 3.25. The summed E-state index contributed by atoms with van der Waals surface area (Å²) in [7, 11) is -1.93. The van der Waals surface area contributed by atoms with Gasteiger partial charge in [-0.1, -0.05) is 69.3 Å². The van der Waals surface area contributed by atoms with Crippen molar-refractivity contribution in [3.8, 4) is 0 Å². The van der Waals surface area contributed by atoms with Gasteiger partial charge in [-0.3, -0.25) is 0 Å². The Morgan fingerprint density at radius 2 is 1.64 bits per heavy atom. The Balaban J connectivity index is 1.83. The summed E-state index contributed by atoms with van der Waals surface area (Å²) in [6, 6.07) is 19.4. The fourth-order valence-electron chi connectivity index (χ4n) is 3.92. The zero-order chi connectivity index (χ0) is 19.9. The number of aromatic amines is 1. The van der Waals surface area contributed by atoms with Gasteiger partial charge in [0.15, 0.2) is 0 Å². The van der Waals surface area contributed by atoms with Gasteiger partial charge < -0.3 is 9.41 Å². The summed E-state index contributed by atoms with van der Waals surface area (Å²) in [6.07, 6.45) is 4.37. The van der Waals surface area contributed by atoms with Crippen LogP contribution in [0.2, 0.25) is 18.1 Å². The molecule has 2 nitrogen and oxygen atoms in total. The predicted molar refractivity (Wildman–Crippen MR) is 122 cm³/mol. The van der Waals surface area contributed by atoms with Crippen molar-refractivity contribution in [2.24, 2.45) is 0 Å². The Hall–Kier alpha value is -2.26. The molecule has 0 radical (unpaired) electrons. The molecular formula is C25H31NOSi. The van der Waals surface area contributed by atoms with E-state index in [1.165, 1.54) is 33.4 Å². The molecule has 0 amide bonds. The van der Waals surface area contributed by atoms with Crippen LogP contribution < -0.4 is 0 Å². The van der Waals surface area contributed by atoms with Crippen LogP contribution in [0.25, 0.3) is 16.5 Å². The van der Waals surface area contributed by atoms with E-state index in [4.69, 9.17) is 4.43 Å². The fourth-order valence-corrected chi connectivity index (χ4v) is 5.04. The highest BCUT2D eigenvalue weighted by Gasteiger charge is 2.42. The third-order valence-electron chi connectivity index (χ3n) is 6.59. The fraction of sp³-hybridized carbons (Fsp3) is 0.360. The number of aromatic nitrogens is 1. The number of allylic oxidation sites excluding steroid dienone is 2. The summed E-state index contributed by atoms with van der Waals surface area (Å²) in [5.74, 6) is 1.53. The summed E-state index contributed by atoms with van der Waals surface area (Å²) in [6.45, 7) is 11.7. The molecular weight excluding hydrogens is 358 g/mol. The van der Waals surface area contributed by atoms with Crippen LogP contribution in [0.1, 0.15) is 50.7 Å². The lowest BCUT2D eigenvalue weighted by atomic mass is 9.97. The van der Waals surface area contributed by atoms with Crippen molar-refractivity contribution in [3.05, 3.63) is 77.7 Å². The minimum atomic E-state index is -1.93. The van der Waals surface area contributed by atoms with Gasteiger partial charge in [-0.05, 0) is 53.7 Å². The second kappa shape index (κ2) is 6.96. The molecule has 0 aliphatic heterocycles. The van der Waals surface area contributed by atoms with Gasteiger partial charge >= 0.3 is 0 Å². The molecule has 0 saturated heterocycles. The van der Waals surface area contributed by atoms with Gasteiger partial charge in [0.1, 0.15) is 0 Å². The SMILES string of the molecule is CC(C)(C)[Si](C)(C)OC1=C(c2ccccc2)CCC1c1c[nH]c2ccccc12. The second-order valence-corrected chi connectivity index (χ2v) is 14.2. The molecule has 0 bridgehead atoms. The second-order valence-electron chi connectivity index (χ2n) is 9.45. The molecule has 1 aliphatic carbocycles. The van der Waals surface area contributed by atoms with Gasteiger partial charge in [0.25, 0.3) is 0 Å². The van der Waals surface area contributed by atoms with E-state index >= 15 is 0 Å². The Kier molecular flexibility index (Phi) is 4.74. The van der Waals surface area contributed by atoms with E-state index in [9.17, 15) is 0 Å². The number of hydrogen-bond donors (Lipinski definition) is 1. The van der Waals surface area contributed by atoms with Crippen molar-refractivity contribution in [2.75, 3.05) is 0 Å². The topological polar surface area (TPSA) is 25.0 Å². The van der Waals surface area contributed by atoms with E-state index in [1.807, 2.05) is 0 Å². The molecule has 1 N–H and O–H groups in total. The van der Waals surface area contributed by atoms with Crippen LogP contribution in [-0.2, 0) is 4.43 Å². The third kappa shape index (κ3) is 3.33. The molecule has 1 aromatic heterocycles. The third-order valence-corrected chi connectivity index (χ3v) is 10.9. The first-order valence-corrected chi connectivity index (χ1v) is 13.2.